The summed E-state index contributed by atoms with van der Waals surface area (Å²) in [5.41, 5.74) is 0.556. The van der Waals surface area contributed by atoms with Crippen molar-refractivity contribution in [2.75, 3.05) is 24.2 Å². The highest BCUT2D eigenvalue weighted by Crippen LogP contribution is 2.33. The third-order valence-electron chi connectivity index (χ3n) is 4.26. The lowest BCUT2D eigenvalue weighted by molar-refractivity contribution is -0.137. The van der Waals surface area contributed by atoms with Crippen LogP contribution in [-0.2, 0) is 12.6 Å². The van der Waals surface area contributed by atoms with E-state index in [-0.39, 0.29) is 30.1 Å². The van der Waals surface area contributed by atoms with Crippen molar-refractivity contribution in [2.24, 2.45) is 0 Å². The Labute approximate surface area is 151 Å². The van der Waals surface area contributed by atoms with Gasteiger partial charge in [-0.3, -0.25) is 4.79 Å². The van der Waals surface area contributed by atoms with Crippen LogP contribution in [0.5, 0.6) is 0 Å². The second-order valence-corrected chi connectivity index (χ2v) is 6.12. The summed E-state index contributed by atoms with van der Waals surface area (Å²) < 4.78 is 41.2. The molecule has 1 aliphatic rings. The van der Waals surface area contributed by atoms with Crippen LogP contribution < -0.4 is 16.0 Å². The second kappa shape index (κ2) is 6.15. The molecule has 0 aliphatic carbocycles. The number of nitrogens with one attached hydrogen (secondary N) is 3. The summed E-state index contributed by atoms with van der Waals surface area (Å²) in [6.45, 7) is 0.190. The minimum atomic E-state index is -4.47. The summed E-state index contributed by atoms with van der Waals surface area (Å²) in [6, 6.07) is 5.35. The summed E-state index contributed by atoms with van der Waals surface area (Å²) in [6.07, 6.45) is -2.80. The van der Waals surface area contributed by atoms with Gasteiger partial charge >= 0.3 is 6.18 Å². The van der Waals surface area contributed by atoms with Gasteiger partial charge in [-0.25, -0.2) is 4.98 Å². The van der Waals surface area contributed by atoms with Gasteiger partial charge in [-0.05, 0) is 30.2 Å². The lowest BCUT2D eigenvalue weighted by Gasteiger charge is -2.15. The van der Waals surface area contributed by atoms with Crippen molar-refractivity contribution >= 4 is 28.9 Å². The Balaban J connectivity index is 1.90. The molecule has 1 aromatic carbocycles. The number of halogens is 3. The minimum Gasteiger partial charge on any atom is -0.373 e. The van der Waals surface area contributed by atoms with Gasteiger partial charge in [0.1, 0.15) is 17.2 Å². The predicted molar refractivity (Wildman–Crippen MR) is 93.3 cm³/mol. The molecule has 0 fully saturated rings. The first kappa shape index (κ1) is 17.1. The van der Waals surface area contributed by atoms with Crippen LogP contribution in [0.4, 0.5) is 30.5 Å². The Kier molecular flexibility index (Phi) is 3.90. The van der Waals surface area contributed by atoms with Crippen molar-refractivity contribution < 1.29 is 18.0 Å². The molecule has 0 saturated heterocycles. The molecule has 0 spiro atoms. The average Bonchev–Trinajstić information content (AvgIpc) is 3.03. The SMILES string of the molecule is CNc1cc2nc3c(cnn13)C(=O)NCCc1cc(cc(C(F)(F)F)c1)N2. The zero-order chi connectivity index (χ0) is 19.2. The van der Waals surface area contributed by atoms with Crippen LogP contribution in [0.2, 0.25) is 0 Å². The fourth-order valence-electron chi connectivity index (χ4n) is 3.00. The van der Waals surface area contributed by atoms with E-state index in [1.807, 2.05) is 0 Å². The van der Waals surface area contributed by atoms with Crippen LogP contribution >= 0.6 is 0 Å². The second-order valence-electron chi connectivity index (χ2n) is 6.12. The smallest absolute Gasteiger partial charge is 0.373 e. The molecule has 3 aromatic rings. The monoisotopic (exact) mass is 376 g/mol. The number of hydrogen-bond acceptors (Lipinski definition) is 5. The largest absolute Gasteiger partial charge is 0.416 e. The number of alkyl halides is 3. The number of fused-ring (bicyclic) bond motifs is 3. The van der Waals surface area contributed by atoms with Crippen LogP contribution in [-0.4, -0.2) is 34.1 Å². The Morgan fingerprint density at radius 3 is 2.78 bits per heavy atom. The Hall–Kier alpha value is -3.30. The van der Waals surface area contributed by atoms with Crippen molar-refractivity contribution in [2.45, 2.75) is 12.6 Å². The van der Waals surface area contributed by atoms with Crippen molar-refractivity contribution in [3.05, 3.63) is 47.2 Å². The Morgan fingerprint density at radius 2 is 2.04 bits per heavy atom. The highest BCUT2D eigenvalue weighted by molar-refractivity contribution is 6.00. The molecule has 2 aromatic heterocycles. The van der Waals surface area contributed by atoms with Gasteiger partial charge in [0.2, 0.25) is 0 Å². The number of benzene rings is 1. The molecule has 3 heterocycles. The number of rotatable bonds is 1. The number of amides is 1. The van der Waals surface area contributed by atoms with Crippen LogP contribution in [0.25, 0.3) is 5.65 Å². The zero-order valence-corrected chi connectivity index (χ0v) is 14.2. The number of anilines is 3. The molecule has 10 heteroatoms. The molecular weight excluding hydrogens is 361 g/mol. The molecule has 1 aliphatic heterocycles. The maximum absolute atomic E-state index is 13.2. The van der Waals surface area contributed by atoms with Gasteiger partial charge in [-0.2, -0.15) is 22.8 Å². The fraction of sp³-hybridized carbons (Fsp3) is 0.235. The normalized spacial score (nSPS) is 14.3. The molecule has 27 heavy (non-hydrogen) atoms. The lowest BCUT2D eigenvalue weighted by Crippen LogP contribution is -2.26. The van der Waals surface area contributed by atoms with E-state index in [1.54, 1.807) is 19.2 Å². The van der Waals surface area contributed by atoms with E-state index < -0.39 is 11.7 Å². The molecule has 3 N–H and O–H groups in total. The van der Waals surface area contributed by atoms with Crippen LogP contribution in [0.3, 0.4) is 0 Å². The maximum atomic E-state index is 13.2. The summed E-state index contributed by atoms with van der Waals surface area (Å²) in [5.74, 6) is 0.447. The number of nitrogens with zero attached hydrogens (tertiary/aromatic N) is 3. The molecular formula is C17H15F3N6O. The fourth-order valence-corrected chi connectivity index (χ4v) is 3.00. The van der Waals surface area contributed by atoms with Gasteiger partial charge in [-0.15, -0.1) is 0 Å². The molecule has 0 radical (unpaired) electrons. The molecule has 140 valence electrons. The summed E-state index contributed by atoms with van der Waals surface area (Å²) >= 11 is 0. The van der Waals surface area contributed by atoms with E-state index in [1.165, 1.54) is 10.7 Å². The Bertz CT molecular complexity index is 1040. The van der Waals surface area contributed by atoms with Gasteiger partial charge < -0.3 is 16.0 Å². The van der Waals surface area contributed by atoms with Crippen LogP contribution in [0.1, 0.15) is 21.5 Å². The van der Waals surface area contributed by atoms with E-state index in [9.17, 15) is 18.0 Å². The first-order valence-corrected chi connectivity index (χ1v) is 8.18. The molecule has 1 amide bonds. The van der Waals surface area contributed by atoms with E-state index in [2.05, 4.69) is 26.0 Å². The standard InChI is InChI=1S/C17H15F3N6O/c1-21-14-7-13-24-11-5-9(4-10(6-11)17(18,19)20)2-3-22-16(27)12-8-23-26(14)15(12)25-13/h4-8,21H,2-3H2,1H3,(H,22,27)(H,24,25). The molecule has 0 unspecified atom stereocenters. The first-order chi connectivity index (χ1) is 12.8. The molecule has 7 nitrogen and oxygen atoms in total. The first-order valence-electron chi connectivity index (χ1n) is 8.18. The minimum absolute atomic E-state index is 0.190. The summed E-state index contributed by atoms with van der Waals surface area (Å²) in [7, 11) is 1.67. The number of carbonyl (C=O) groups is 1. The van der Waals surface area contributed by atoms with E-state index in [0.29, 0.717) is 22.8 Å². The van der Waals surface area contributed by atoms with Gasteiger partial charge in [-0.1, -0.05) is 0 Å². The molecule has 4 rings (SSSR count). The highest BCUT2D eigenvalue weighted by Gasteiger charge is 2.31. The van der Waals surface area contributed by atoms with Crippen LogP contribution in [0.15, 0.2) is 30.5 Å². The summed E-state index contributed by atoms with van der Waals surface area (Å²) in [4.78, 5) is 16.8. The zero-order valence-electron chi connectivity index (χ0n) is 14.2. The van der Waals surface area contributed by atoms with E-state index in [4.69, 9.17) is 0 Å². The quantitative estimate of drug-likeness (QED) is 0.608. The molecule has 4 bridgehead atoms. The van der Waals surface area contributed by atoms with E-state index >= 15 is 0 Å². The molecule has 0 atom stereocenters. The summed E-state index contributed by atoms with van der Waals surface area (Å²) in [5, 5.41) is 12.7. The van der Waals surface area contributed by atoms with Crippen molar-refractivity contribution in [3.63, 3.8) is 0 Å². The maximum Gasteiger partial charge on any atom is 0.416 e. The van der Waals surface area contributed by atoms with Crippen LogP contribution in [0, 0.1) is 0 Å². The van der Waals surface area contributed by atoms with Gasteiger partial charge in [0, 0.05) is 25.3 Å². The topological polar surface area (TPSA) is 83.3 Å². The predicted octanol–water partition coefficient (Wildman–Crippen LogP) is 2.82. The van der Waals surface area contributed by atoms with Crippen molar-refractivity contribution in [1.82, 2.24) is 19.9 Å². The number of hydrogen-bond donors (Lipinski definition) is 3. The highest BCUT2D eigenvalue weighted by atomic mass is 19.4. The molecule has 0 saturated carbocycles. The third kappa shape index (κ3) is 3.14. The van der Waals surface area contributed by atoms with Crippen molar-refractivity contribution in [3.8, 4) is 0 Å². The number of carbonyl (C=O) groups excluding carboxylic acids is 1. The Morgan fingerprint density at radius 1 is 1.22 bits per heavy atom. The third-order valence-corrected chi connectivity index (χ3v) is 4.26. The van der Waals surface area contributed by atoms with Gasteiger partial charge in [0.15, 0.2) is 5.65 Å². The lowest BCUT2D eigenvalue weighted by atomic mass is 10.1. The van der Waals surface area contributed by atoms with Crippen molar-refractivity contribution in [1.29, 1.82) is 0 Å². The number of aromatic nitrogens is 3. The average molecular weight is 376 g/mol. The van der Waals surface area contributed by atoms with Gasteiger partial charge in [0.25, 0.3) is 5.91 Å². The van der Waals surface area contributed by atoms with E-state index in [0.717, 1.165) is 12.1 Å². The van der Waals surface area contributed by atoms with Gasteiger partial charge in [0.05, 0.1) is 11.8 Å².